The number of aromatic nitrogens is 5. The van der Waals surface area contributed by atoms with Gasteiger partial charge in [-0.1, -0.05) is 11.2 Å². The highest BCUT2D eigenvalue weighted by Gasteiger charge is 2.34. The second kappa shape index (κ2) is 11.3. The van der Waals surface area contributed by atoms with Gasteiger partial charge in [0.25, 0.3) is 5.56 Å². The fraction of sp³-hybridized carbons (Fsp3) is 0.304. The Kier molecular flexibility index (Phi) is 7.92. The van der Waals surface area contributed by atoms with Gasteiger partial charge in [0.15, 0.2) is 5.84 Å². The van der Waals surface area contributed by atoms with Crippen LogP contribution in [0.25, 0.3) is 11.3 Å². The molecular weight excluding hydrogens is 537 g/mol. The first kappa shape index (κ1) is 27.9. The summed E-state index contributed by atoms with van der Waals surface area (Å²) in [5.41, 5.74) is -0.784. The van der Waals surface area contributed by atoms with Crippen LogP contribution in [0.2, 0.25) is 0 Å². The van der Waals surface area contributed by atoms with Gasteiger partial charge in [-0.2, -0.15) is 13.2 Å². The zero-order chi connectivity index (χ0) is 29.0. The number of anilines is 3. The number of hydrogen-bond acceptors (Lipinski definition) is 10. The average molecular weight is 560 g/mol. The Labute approximate surface area is 223 Å². The molecule has 3 aromatic heterocycles. The van der Waals surface area contributed by atoms with Gasteiger partial charge >= 0.3 is 11.9 Å². The van der Waals surface area contributed by atoms with E-state index in [0.29, 0.717) is 0 Å². The maximum atomic E-state index is 13.2. The number of rotatable bonds is 8. The number of oxime groups is 1. The molecule has 1 aliphatic rings. The number of H-pyrrole nitrogens is 1. The normalized spacial score (nSPS) is 13.8. The number of nitrogens with zero attached hydrogens (tertiary/aromatic N) is 7. The van der Waals surface area contributed by atoms with Crippen molar-refractivity contribution in [1.82, 2.24) is 24.5 Å². The Balaban J connectivity index is 1.49. The van der Waals surface area contributed by atoms with Gasteiger partial charge in [-0.15, -0.1) is 0 Å². The molecule has 1 unspecified atom stereocenters. The summed E-state index contributed by atoms with van der Waals surface area (Å²) in [4.78, 5) is 62.2. The maximum Gasteiger partial charge on any atom is 0.451 e. The van der Waals surface area contributed by atoms with Crippen molar-refractivity contribution >= 4 is 35.8 Å². The number of aromatic amines is 1. The van der Waals surface area contributed by atoms with Gasteiger partial charge in [-0.25, -0.2) is 24.7 Å². The minimum Gasteiger partial charge on any atom is -0.392 e. The third-order valence-electron chi connectivity index (χ3n) is 5.76. The van der Waals surface area contributed by atoms with Gasteiger partial charge in [0.05, 0.1) is 18.9 Å². The second-order valence-electron chi connectivity index (χ2n) is 8.41. The van der Waals surface area contributed by atoms with Crippen molar-refractivity contribution < 1.29 is 22.8 Å². The molecule has 4 rings (SSSR count). The predicted octanol–water partition coefficient (Wildman–Crippen LogP) is 1.67. The molecular formula is C23H23F3N10O4. The summed E-state index contributed by atoms with van der Waals surface area (Å²) in [5, 5.41) is 9.18. The lowest BCUT2D eigenvalue weighted by atomic mass is 10.2. The molecule has 0 radical (unpaired) electrons. The average Bonchev–Trinajstić information content (AvgIpc) is 3.35. The van der Waals surface area contributed by atoms with E-state index >= 15 is 0 Å². The molecule has 0 saturated heterocycles. The largest absolute Gasteiger partial charge is 0.451 e. The highest BCUT2D eigenvalue weighted by molar-refractivity contribution is 5.97. The molecule has 4 heterocycles. The van der Waals surface area contributed by atoms with E-state index in [-0.39, 0.29) is 54.2 Å². The third-order valence-corrected chi connectivity index (χ3v) is 5.76. The molecule has 1 aliphatic heterocycles. The van der Waals surface area contributed by atoms with Crippen molar-refractivity contribution in [3.8, 4) is 11.3 Å². The molecule has 17 heteroatoms. The number of nitrogens with one attached hydrogen (secondary N) is 3. The van der Waals surface area contributed by atoms with Gasteiger partial charge in [0.1, 0.15) is 30.0 Å². The lowest BCUT2D eigenvalue weighted by molar-refractivity contribution is -0.145. The molecule has 210 valence electrons. The standard InChI is InChI=1S/C23H23F3N10O4/c1-12(19(37)32-16-6-4-5-15(31-16)14-9-28-21(29-10-14)23(24,25)26)36-11-30-18-17(36)20(38)35(22(39)33-18)7-8-40-34-13(2)27-3/h4-6,9-10,12,30H,3,7-8,11H2,1-2H3,(H,33,39)(H,31,32,37)/b34-13-. The summed E-state index contributed by atoms with van der Waals surface area (Å²) in [7, 11) is 0. The van der Waals surface area contributed by atoms with Crippen LogP contribution in [-0.4, -0.2) is 62.3 Å². The van der Waals surface area contributed by atoms with Gasteiger partial charge in [-0.3, -0.25) is 19.1 Å². The Bertz CT molecular complexity index is 1570. The van der Waals surface area contributed by atoms with Crippen LogP contribution < -0.4 is 26.8 Å². The molecule has 0 bridgehead atoms. The van der Waals surface area contributed by atoms with Crippen LogP contribution in [0.5, 0.6) is 0 Å². The Morgan fingerprint density at radius 3 is 2.67 bits per heavy atom. The number of amidine groups is 1. The van der Waals surface area contributed by atoms with E-state index in [1.807, 2.05) is 0 Å². The van der Waals surface area contributed by atoms with Crippen molar-refractivity contribution in [2.75, 3.05) is 28.8 Å². The van der Waals surface area contributed by atoms with Crippen LogP contribution in [0.3, 0.4) is 0 Å². The number of halogens is 3. The SMILES string of the molecule is C=N/C(C)=N\OCCn1c(=O)[nH]c2c(c1=O)N(C(C)C(=O)Nc1cccc(-c3cnc(C(F)(F)F)nc3)n1)CN2. The van der Waals surface area contributed by atoms with E-state index in [9.17, 15) is 27.6 Å². The van der Waals surface area contributed by atoms with Crippen LogP contribution in [0.15, 0.2) is 50.3 Å². The zero-order valence-corrected chi connectivity index (χ0v) is 21.2. The summed E-state index contributed by atoms with van der Waals surface area (Å²) in [6, 6.07) is 3.66. The maximum absolute atomic E-state index is 13.2. The molecule has 0 saturated carbocycles. The van der Waals surface area contributed by atoms with Crippen LogP contribution in [0.1, 0.15) is 19.7 Å². The van der Waals surface area contributed by atoms with Crippen molar-refractivity contribution in [1.29, 1.82) is 0 Å². The van der Waals surface area contributed by atoms with Crippen LogP contribution in [-0.2, 0) is 22.4 Å². The van der Waals surface area contributed by atoms with Crippen molar-refractivity contribution in [3.05, 3.63) is 57.3 Å². The Hall–Kier alpha value is -5.09. The van der Waals surface area contributed by atoms with E-state index in [2.05, 4.69) is 47.4 Å². The minimum atomic E-state index is -4.68. The molecule has 3 aromatic rings. The summed E-state index contributed by atoms with van der Waals surface area (Å²) in [6.07, 6.45) is -2.71. The fourth-order valence-electron chi connectivity index (χ4n) is 3.68. The monoisotopic (exact) mass is 560 g/mol. The third kappa shape index (κ3) is 5.97. The summed E-state index contributed by atoms with van der Waals surface area (Å²) in [5.74, 6) is -1.26. The highest BCUT2D eigenvalue weighted by atomic mass is 19.4. The smallest absolute Gasteiger partial charge is 0.392 e. The lowest BCUT2D eigenvalue weighted by Crippen LogP contribution is -2.45. The topological polar surface area (TPSA) is 172 Å². The number of carbonyl (C=O) groups excluding carboxylic acids is 1. The fourth-order valence-corrected chi connectivity index (χ4v) is 3.68. The summed E-state index contributed by atoms with van der Waals surface area (Å²) >= 11 is 0. The lowest BCUT2D eigenvalue weighted by Gasteiger charge is -2.24. The molecule has 0 aliphatic carbocycles. The summed E-state index contributed by atoms with van der Waals surface area (Å²) in [6.45, 7) is 6.26. The van der Waals surface area contributed by atoms with Crippen molar-refractivity contribution in [2.24, 2.45) is 10.1 Å². The first-order valence-electron chi connectivity index (χ1n) is 11.7. The first-order valence-corrected chi connectivity index (χ1v) is 11.7. The first-order chi connectivity index (χ1) is 19.0. The molecule has 1 atom stereocenters. The summed E-state index contributed by atoms with van der Waals surface area (Å²) < 4.78 is 39.2. The quantitative estimate of drug-likeness (QED) is 0.160. The van der Waals surface area contributed by atoms with Gasteiger partial charge in [0.2, 0.25) is 11.7 Å². The molecule has 1 amide bonds. The van der Waals surface area contributed by atoms with Gasteiger partial charge < -0.3 is 20.4 Å². The Morgan fingerprint density at radius 1 is 1.27 bits per heavy atom. The van der Waals surface area contributed by atoms with Crippen molar-refractivity contribution in [2.45, 2.75) is 32.6 Å². The molecule has 40 heavy (non-hydrogen) atoms. The van der Waals surface area contributed by atoms with E-state index < -0.39 is 35.2 Å². The van der Waals surface area contributed by atoms with Crippen molar-refractivity contribution in [3.63, 3.8) is 0 Å². The van der Waals surface area contributed by atoms with Crippen LogP contribution in [0, 0.1) is 0 Å². The number of carbonyl (C=O) groups is 1. The van der Waals surface area contributed by atoms with E-state index in [0.717, 1.165) is 17.0 Å². The van der Waals surface area contributed by atoms with Crippen LogP contribution >= 0.6 is 0 Å². The number of hydrogen-bond donors (Lipinski definition) is 3. The van der Waals surface area contributed by atoms with Gasteiger partial charge in [0, 0.05) is 18.0 Å². The number of amides is 1. The molecule has 14 nitrogen and oxygen atoms in total. The molecule has 0 fully saturated rings. The number of fused-ring (bicyclic) bond motifs is 1. The van der Waals surface area contributed by atoms with Gasteiger partial charge in [-0.05, 0) is 32.7 Å². The number of aliphatic imine (C=N–C) groups is 1. The highest BCUT2D eigenvalue weighted by Crippen LogP contribution is 2.28. The number of pyridine rings is 1. The molecule has 0 spiro atoms. The zero-order valence-electron chi connectivity index (χ0n) is 21.2. The molecule has 3 N–H and O–H groups in total. The van der Waals surface area contributed by atoms with E-state index in [4.69, 9.17) is 4.84 Å². The predicted molar refractivity (Wildman–Crippen MR) is 139 cm³/mol. The molecule has 0 aromatic carbocycles. The van der Waals surface area contributed by atoms with E-state index in [1.54, 1.807) is 19.9 Å². The van der Waals surface area contributed by atoms with E-state index in [1.165, 1.54) is 17.0 Å². The Morgan fingerprint density at radius 2 is 2.00 bits per heavy atom. The van der Waals surface area contributed by atoms with Crippen LogP contribution in [0.4, 0.5) is 30.5 Å². The minimum absolute atomic E-state index is 0.0560. The second-order valence-corrected chi connectivity index (χ2v) is 8.41. The number of alkyl halides is 3.